The van der Waals surface area contributed by atoms with Crippen LogP contribution in [0.5, 0.6) is 11.8 Å². The van der Waals surface area contributed by atoms with E-state index in [1.54, 1.807) is 28.7 Å². The number of carboxylic acids is 1. The maximum absolute atomic E-state index is 13.5. The Balaban J connectivity index is 0.000000177. The third-order valence-electron chi connectivity index (χ3n) is 15.5. The van der Waals surface area contributed by atoms with Crippen molar-refractivity contribution in [2.45, 2.75) is 168 Å². The van der Waals surface area contributed by atoms with Crippen LogP contribution in [0.1, 0.15) is 146 Å². The fraction of sp³-hybridized carbons (Fsp3) is 0.607. The second kappa shape index (κ2) is 26.9. The summed E-state index contributed by atoms with van der Waals surface area (Å²) in [5.41, 5.74) is 6.37. The number of likely N-dealkylation sites (tertiary alicyclic amines) is 3. The minimum Gasteiger partial charge on any atom is -0.476 e. The molecule has 416 valence electrons. The van der Waals surface area contributed by atoms with E-state index in [9.17, 15) is 33.9 Å². The third-order valence-corrected chi connectivity index (χ3v) is 15.5. The van der Waals surface area contributed by atoms with Gasteiger partial charge in [-0.15, -0.1) is 0 Å². The number of amides is 5. The Morgan fingerprint density at radius 2 is 1.00 bits per heavy atom. The molecule has 4 aliphatic heterocycles. The number of carbonyl (C=O) groups is 6. The van der Waals surface area contributed by atoms with Crippen molar-refractivity contribution >= 4 is 35.5 Å². The van der Waals surface area contributed by atoms with Gasteiger partial charge in [-0.25, -0.2) is 14.8 Å². The van der Waals surface area contributed by atoms with E-state index >= 15 is 0 Å². The molecule has 0 spiro atoms. The molecule has 21 nitrogen and oxygen atoms in total. The average molecular weight is 1060 g/mol. The Kier molecular flexibility index (Phi) is 19.7. The first-order chi connectivity index (χ1) is 37.2. The molecule has 0 saturated carbocycles. The van der Waals surface area contributed by atoms with Gasteiger partial charge in [-0.05, 0) is 116 Å². The molecule has 77 heavy (non-hydrogen) atoms. The lowest BCUT2D eigenvalue weighted by atomic mass is 9.95. The van der Waals surface area contributed by atoms with E-state index < -0.39 is 5.97 Å². The molecule has 2 aliphatic carbocycles. The van der Waals surface area contributed by atoms with E-state index in [1.807, 2.05) is 52.8 Å². The van der Waals surface area contributed by atoms with E-state index in [0.29, 0.717) is 62.8 Å². The lowest BCUT2D eigenvalue weighted by Gasteiger charge is -2.32. The van der Waals surface area contributed by atoms with Crippen molar-refractivity contribution in [1.29, 1.82) is 0 Å². The van der Waals surface area contributed by atoms with E-state index in [4.69, 9.17) is 14.6 Å². The smallest absolute Gasteiger partial charge is 0.356 e. The van der Waals surface area contributed by atoms with Crippen LogP contribution in [0.3, 0.4) is 0 Å². The van der Waals surface area contributed by atoms with Crippen LogP contribution in [0.15, 0.2) is 36.7 Å². The van der Waals surface area contributed by atoms with Crippen molar-refractivity contribution in [3.63, 3.8) is 0 Å². The number of pyridine rings is 2. The fourth-order valence-electron chi connectivity index (χ4n) is 11.3. The van der Waals surface area contributed by atoms with Gasteiger partial charge in [0.2, 0.25) is 35.4 Å². The summed E-state index contributed by atoms with van der Waals surface area (Å²) >= 11 is 0. The van der Waals surface area contributed by atoms with E-state index in [2.05, 4.69) is 31.0 Å². The molecule has 4 N–H and O–H groups in total. The number of carbonyl (C=O) groups excluding carboxylic acids is 5. The molecule has 4 aromatic heterocycles. The normalized spacial score (nSPS) is 18.3. The van der Waals surface area contributed by atoms with Gasteiger partial charge in [0.15, 0.2) is 11.4 Å². The zero-order valence-corrected chi connectivity index (χ0v) is 45.4. The maximum atomic E-state index is 13.5. The van der Waals surface area contributed by atoms with Crippen LogP contribution in [-0.4, -0.2) is 161 Å². The van der Waals surface area contributed by atoms with E-state index in [1.165, 1.54) is 6.92 Å². The van der Waals surface area contributed by atoms with Gasteiger partial charge < -0.3 is 45.2 Å². The standard InChI is InChI=1S/C28H38N6O4.C21H26N4O4.C7H14N2O/c1-19-6-5-13-29-27(19)38-22-11-16-32(17-12-22)25(36)18-34-24-8-4-3-7-23(24)26(31-34)28(37)33-14-9-21(10-15-33)30-20(2)35;1-14-5-4-10-22-20(14)29-15-8-11-24(12-9-15)18(26)13-25-17-7-3-2-6-16(17)19(23-25)21(27)28;1-6(10)9-7-2-4-8-5-3-7/h5-6,13,21-22H,3-4,7-12,14-18H2,1-2H3,(H,30,35);4-5,10,15H,2-3,6-9,11-13H2,1H3,(H,27,28);7-8H,2-5H2,1H3,(H,9,10). The first-order valence-electron chi connectivity index (χ1n) is 27.9. The molecule has 21 heteroatoms. The van der Waals surface area contributed by atoms with Crippen LogP contribution in [0.4, 0.5) is 0 Å². The second-order valence-electron chi connectivity index (χ2n) is 21.2. The highest BCUT2D eigenvalue weighted by molar-refractivity contribution is 5.94. The lowest BCUT2D eigenvalue weighted by molar-refractivity contribution is -0.134. The van der Waals surface area contributed by atoms with E-state index in [-0.39, 0.29) is 66.6 Å². The highest BCUT2D eigenvalue weighted by Crippen LogP contribution is 2.29. The average Bonchev–Trinajstić information content (AvgIpc) is 4.02. The van der Waals surface area contributed by atoms with Crippen LogP contribution >= 0.6 is 0 Å². The SMILES string of the molecule is CC(=O)NC1CCN(C(=O)c2nn(CC(=O)N3CCC(Oc4ncccc4C)CC3)c3c2CCCC3)CC1.CC(=O)NC1CCNCC1.Cc1cccnc1OC1CCN(C(=O)Cn2nc(C(=O)O)c3c2CCCC3)CC1. The topological polar surface area (TPSA) is 248 Å². The summed E-state index contributed by atoms with van der Waals surface area (Å²) in [7, 11) is 0. The number of fused-ring (bicyclic) bond motifs is 2. The number of carboxylic acid groups (broad SMARTS) is 1. The molecule has 8 heterocycles. The van der Waals surface area contributed by atoms with Crippen molar-refractivity contribution in [1.82, 2.24) is 60.2 Å². The third kappa shape index (κ3) is 15.2. The van der Waals surface area contributed by atoms with Gasteiger partial charge in [0, 0.05) is 137 Å². The van der Waals surface area contributed by atoms with Crippen LogP contribution in [-0.2, 0) is 58.0 Å². The van der Waals surface area contributed by atoms with Gasteiger partial charge in [0.25, 0.3) is 5.91 Å². The van der Waals surface area contributed by atoms with Gasteiger partial charge in [-0.3, -0.25) is 33.3 Å². The largest absolute Gasteiger partial charge is 0.476 e. The Labute approximate surface area is 451 Å². The minimum atomic E-state index is -1.02. The van der Waals surface area contributed by atoms with Crippen molar-refractivity contribution < 1.29 is 43.3 Å². The summed E-state index contributed by atoms with van der Waals surface area (Å²) in [5.74, 6) is 0.308. The number of aromatic carboxylic acids is 1. The molecule has 5 amide bonds. The molecular formula is C56H78N12O9. The van der Waals surface area contributed by atoms with Crippen molar-refractivity contribution in [2.75, 3.05) is 52.4 Å². The fourth-order valence-corrected chi connectivity index (χ4v) is 11.3. The van der Waals surface area contributed by atoms with Crippen molar-refractivity contribution in [2.24, 2.45) is 0 Å². The summed E-state index contributed by atoms with van der Waals surface area (Å²) in [6.07, 6.45) is 17.4. The Bertz CT molecular complexity index is 2690. The summed E-state index contributed by atoms with van der Waals surface area (Å²) < 4.78 is 15.5. The van der Waals surface area contributed by atoms with Crippen LogP contribution in [0.2, 0.25) is 0 Å². The maximum Gasteiger partial charge on any atom is 0.356 e. The highest BCUT2D eigenvalue weighted by atomic mass is 16.5. The Hall–Kier alpha value is -6.90. The van der Waals surface area contributed by atoms with E-state index in [0.717, 1.165) is 149 Å². The molecule has 6 aliphatic rings. The van der Waals surface area contributed by atoms with Crippen LogP contribution in [0.25, 0.3) is 0 Å². The second-order valence-corrected chi connectivity index (χ2v) is 21.2. The molecule has 4 fully saturated rings. The van der Waals surface area contributed by atoms with Gasteiger partial charge in [0.05, 0.1) is 0 Å². The first-order valence-corrected chi connectivity index (χ1v) is 27.9. The molecular weight excluding hydrogens is 985 g/mol. The van der Waals surface area contributed by atoms with Crippen molar-refractivity contribution in [3.05, 3.63) is 81.7 Å². The van der Waals surface area contributed by atoms with Gasteiger partial charge in [-0.2, -0.15) is 10.2 Å². The zero-order valence-electron chi connectivity index (χ0n) is 45.4. The minimum absolute atomic E-state index is 0.0229. The monoisotopic (exact) mass is 1060 g/mol. The molecule has 4 saturated heterocycles. The molecule has 4 aromatic rings. The van der Waals surface area contributed by atoms with Crippen molar-refractivity contribution in [3.8, 4) is 11.8 Å². The predicted molar refractivity (Wildman–Crippen MR) is 286 cm³/mol. The number of nitrogens with zero attached hydrogens (tertiary/aromatic N) is 9. The number of aromatic nitrogens is 6. The quantitative estimate of drug-likeness (QED) is 0.154. The zero-order chi connectivity index (χ0) is 54.4. The number of aryl methyl sites for hydroxylation is 2. The molecule has 0 unspecified atom stereocenters. The molecule has 10 rings (SSSR count). The van der Waals surface area contributed by atoms with Gasteiger partial charge in [-0.1, -0.05) is 12.1 Å². The van der Waals surface area contributed by atoms with Crippen LogP contribution < -0.4 is 25.4 Å². The summed E-state index contributed by atoms with van der Waals surface area (Å²) in [6.45, 7) is 13.1. The molecule has 0 aromatic carbocycles. The molecule has 0 bridgehead atoms. The Morgan fingerprint density at radius 1 is 0.584 bits per heavy atom. The van der Waals surface area contributed by atoms with Gasteiger partial charge >= 0.3 is 5.97 Å². The molecule has 0 radical (unpaired) electrons. The number of rotatable bonds is 12. The first kappa shape index (κ1) is 56.3. The van der Waals surface area contributed by atoms with Gasteiger partial charge in [0.1, 0.15) is 25.3 Å². The Morgan fingerprint density at radius 3 is 1.44 bits per heavy atom. The number of ether oxygens (including phenoxy) is 2. The predicted octanol–water partition coefficient (Wildman–Crippen LogP) is 4.38. The molecule has 0 atom stereocenters. The van der Waals surface area contributed by atoms with Crippen LogP contribution in [0, 0.1) is 13.8 Å². The number of piperidine rings is 4. The summed E-state index contributed by atoms with van der Waals surface area (Å²) in [6, 6.07) is 8.26. The summed E-state index contributed by atoms with van der Waals surface area (Å²) in [4.78, 5) is 87.1. The highest BCUT2D eigenvalue weighted by Gasteiger charge is 2.33. The lowest BCUT2D eigenvalue weighted by Crippen LogP contribution is -2.46. The number of hydrogen-bond donors (Lipinski definition) is 4. The number of hydrogen-bond acceptors (Lipinski definition) is 13. The number of nitrogens with one attached hydrogen (secondary N) is 3. The summed E-state index contributed by atoms with van der Waals surface area (Å²) in [5, 5.41) is 27.5.